The number of hydrogen-bond acceptors (Lipinski definition) is 3. The van der Waals surface area contributed by atoms with Crippen molar-refractivity contribution in [3.63, 3.8) is 0 Å². The van der Waals surface area contributed by atoms with Gasteiger partial charge in [0, 0.05) is 24.9 Å². The Morgan fingerprint density at radius 3 is 2.86 bits per heavy atom. The summed E-state index contributed by atoms with van der Waals surface area (Å²) in [7, 11) is 0. The van der Waals surface area contributed by atoms with Gasteiger partial charge in [-0.25, -0.2) is 0 Å². The monoisotopic (exact) mass is 307 g/mol. The Morgan fingerprint density at radius 1 is 1.38 bits per heavy atom. The van der Waals surface area contributed by atoms with E-state index in [-0.39, 0.29) is 12.5 Å². The molecule has 1 atom stereocenters. The van der Waals surface area contributed by atoms with Gasteiger partial charge in [0.15, 0.2) is 0 Å². The number of nitrogens with zero attached hydrogens (tertiary/aromatic N) is 1. The molecule has 1 fully saturated rings. The molecule has 1 unspecified atom stereocenters. The maximum Gasteiger partial charge on any atom is 0.232 e. The fourth-order valence-corrected chi connectivity index (χ4v) is 3.69. The third kappa shape index (κ3) is 5.04. The number of carbonyl (C=O) groups excluding carboxylic acids is 1. The van der Waals surface area contributed by atoms with Crippen LogP contribution in [0.3, 0.4) is 0 Å². The lowest BCUT2D eigenvalue weighted by Crippen LogP contribution is -2.36. The molecule has 2 rings (SSSR count). The predicted octanol–water partition coefficient (Wildman–Crippen LogP) is 2.99. The van der Waals surface area contributed by atoms with Gasteiger partial charge < -0.3 is 10.0 Å². The van der Waals surface area contributed by atoms with Gasteiger partial charge in [0.05, 0.1) is 5.75 Å². The van der Waals surface area contributed by atoms with E-state index in [1.165, 1.54) is 11.1 Å². The van der Waals surface area contributed by atoms with Crippen molar-refractivity contribution in [2.75, 3.05) is 18.9 Å². The summed E-state index contributed by atoms with van der Waals surface area (Å²) < 4.78 is 0. The zero-order valence-corrected chi connectivity index (χ0v) is 13.6. The van der Waals surface area contributed by atoms with Gasteiger partial charge in [-0.3, -0.25) is 4.79 Å². The number of benzene rings is 1. The first-order chi connectivity index (χ1) is 10.2. The van der Waals surface area contributed by atoms with Crippen LogP contribution in [0.15, 0.2) is 24.3 Å². The van der Waals surface area contributed by atoms with E-state index >= 15 is 0 Å². The molecule has 1 aromatic carbocycles. The van der Waals surface area contributed by atoms with E-state index < -0.39 is 0 Å². The molecule has 0 aromatic heterocycles. The lowest BCUT2D eigenvalue weighted by Gasteiger charge is -2.24. The van der Waals surface area contributed by atoms with E-state index in [9.17, 15) is 4.79 Å². The van der Waals surface area contributed by atoms with Crippen LogP contribution in [0.25, 0.3) is 0 Å². The first kappa shape index (κ1) is 16.4. The third-order valence-electron chi connectivity index (χ3n) is 4.01. The van der Waals surface area contributed by atoms with Crippen molar-refractivity contribution in [1.82, 2.24) is 4.90 Å². The summed E-state index contributed by atoms with van der Waals surface area (Å²) in [6, 6.07) is 8.84. The quantitative estimate of drug-likeness (QED) is 0.842. The van der Waals surface area contributed by atoms with Crippen LogP contribution in [-0.2, 0) is 10.5 Å². The van der Waals surface area contributed by atoms with E-state index in [4.69, 9.17) is 5.11 Å². The van der Waals surface area contributed by atoms with Gasteiger partial charge in [-0.15, -0.1) is 11.8 Å². The summed E-state index contributed by atoms with van der Waals surface area (Å²) >= 11 is 1.69. The molecule has 3 nitrogen and oxygen atoms in total. The molecule has 1 aliphatic heterocycles. The lowest BCUT2D eigenvalue weighted by atomic mass is 10.1. The molecule has 1 heterocycles. The van der Waals surface area contributed by atoms with Gasteiger partial charge >= 0.3 is 0 Å². The van der Waals surface area contributed by atoms with Gasteiger partial charge in [-0.1, -0.05) is 29.8 Å². The summed E-state index contributed by atoms with van der Waals surface area (Å²) in [5, 5.41) is 8.93. The van der Waals surface area contributed by atoms with Crippen LogP contribution in [0.1, 0.15) is 36.8 Å². The molecule has 0 spiro atoms. The fraction of sp³-hybridized carbons (Fsp3) is 0.588. The number of rotatable bonds is 7. The van der Waals surface area contributed by atoms with Gasteiger partial charge in [0.25, 0.3) is 0 Å². The van der Waals surface area contributed by atoms with Crippen molar-refractivity contribution in [2.24, 2.45) is 0 Å². The highest BCUT2D eigenvalue weighted by Crippen LogP contribution is 2.23. The first-order valence-corrected chi connectivity index (χ1v) is 8.90. The van der Waals surface area contributed by atoms with Crippen molar-refractivity contribution in [2.45, 2.75) is 44.4 Å². The number of likely N-dealkylation sites (tertiary alicyclic amines) is 1. The summed E-state index contributed by atoms with van der Waals surface area (Å²) in [6.07, 6.45) is 3.93. The lowest BCUT2D eigenvalue weighted by molar-refractivity contribution is -0.129. The van der Waals surface area contributed by atoms with Crippen LogP contribution < -0.4 is 0 Å². The normalized spacial score (nSPS) is 18.2. The molecule has 1 amide bonds. The van der Waals surface area contributed by atoms with Crippen LogP contribution in [0.4, 0.5) is 0 Å². The van der Waals surface area contributed by atoms with E-state index in [1.54, 1.807) is 11.8 Å². The highest BCUT2D eigenvalue weighted by atomic mass is 32.2. The summed E-state index contributed by atoms with van der Waals surface area (Å²) in [4.78, 5) is 14.3. The molecule has 116 valence electrons. The number of aliphatic hydroxyl groups excluding tert-OH is 1. The molecule has 1 saturated heterocycles. The Balaban J connectivity index is 1.74. The highest BCUT2D eigenvalue weighted by Gasteiger charge is 2.27. The maximum atomic E-state index is 12.3. The van der Waals surface area contributed by atoms with Crippen molar-refractivity contribution in [3.8, 4) is 0 Å². The Kier molecular flexibility index (Phi) is 6.58. The molecule has 4 heteroatoms. The number of aliphatic hydroxyl groups is 1. The van der Waals surface area contributed by atoms with E-state index in [2.05, 4.69) is 31.2 Å². The molecule has 1 aromatic rings. The average Bonchev–Trinajstić information content (AvgIpc) is 2.95. The van der Waals surface area contributed by atoms with Crippen molar-refractivity contribution in [3.05, 3.63) is 35.4 Å². The smallest absolute Gasteiger partial charge is 0.232 e. The van der Waals surface area contributed by atoms with E-state index in [1.807, 2.05) is 4.90 Å². The molecule has 0 saturated carbocycles. The Hall–Kier alpha value is -1.00. The fourth-order valence-electron chi connectivity index (χ4n) is 2.81. The number of thioether (sulfide) groups is 1. The SMILES string of the molecule is Cc1ccc(CSCC(=O)N2CCCC2CCCO)cc1. The Morgan fingerprint density at radius 2 is 2.14 bits per heavy atom. The zero-order chi connectivity index (χ0) is 15.1. The Bertz CT molecular complexity index is 447. The third-order valence-corrected chi connectivity index (χ3v) is 5.00. The minimum Gasteiger partial charge on any atom is -0.396 e. The predicted molar refractivity (Wildman–Crippen MR) is 88.4 cm³/mol. The molecule has 0 radical (unpaired) electrons. The summed E-state index contributed by atoms with van der Waals surface area (Å²) in [5.74, 6) is 1.71. The molecule has 21 heavy (non-hydrogen) atoms. The maximum absolute atomic E-state index is 12.3. The second-order valence-electron chi connectivity index (χ2n) is 5.73. The number of hydrogen-bond donors (Lipinski definition) is 1. The van der Waals surface area contributed by atoms with Crippen molar-refractivity contribution < 1.29 is 9.90 Å². The summed E-state index contributed by atoms with van der Waals surface area (Å²) in [5.41, 5.74) is 2.54. The van der Waals surface area contributed by atoms with Crippen molar-refractivity contribution >= 4 is 17.7 Å². The zero-order valence-electron chi connectivity index (χ0n) is 12.8. The van der Waals surface area contributed by atoms with E-state index in [0.29, 0.717) is 11.8 Å². The molecular formula is C17H25NO2S. The first-order valence-electron chi connectivity index (χ1n) is 7.74. The molecular weight excluding hydrogens is 282 g/mol. The number of aryl methyl sites for hydroxylation is 1. The molecule has 1 N–H and O–H groups in total. The molecule has 0 aliphatic carbocycles. The van der Waals surface area contributed by atoms with Crippen LogP contribution in [-0.4, -0.2) is 40.9 Å². The van der Waals surface area contributed by atoms with Gasteiger partial charge in [0.2, 0.25) is 5.91 Å². The van der Waals surface area contributed by atoms with Crippen LogP contribution in [0.2, 0.25) is 0 Å². The minimum absolute atomic E-state index is 0.223. The second kappa shape index (κ2) is 8.44. The number of amides is 1. The van der Waals surface area contributed by atoms with Crippen LogP contribution >= 0.6 is 11.8 Å². The highest BCUT2D eigenvalue weighted by molar-refractivity contribution is 7.99. The van der Waals surface area contributed by atoms with Crippen LogP contribution in [0.5, 0.6) is 0 Å². The average molecular weight is 307 g/mol. The molecule has 0 bridgehead atoms. The number of carbonyl (C=O) groups is 1. The standard InChI is InChI=1S/C17H25NO2S/c1-14-6-8-15(9-7-14)12-21-13-17(20)18-10-2-4-16(18)5-3-11-19/h6-9,16,19H,2-5,10-13H2,1H3. The van der Waals surface area contributed by atoms with Gasteiger partial charge in [-0.2, -0.15) is 0 Å². The Labute approximate surface area is 131 Å². The second-order valence-corrected chi connectivity index (χ2v) is 6.71. The topological polar surface area (TPSA) is 40.5 Å². The largest absolute Gasteiger partial charge is 0.396 e. The summed E-state index contributed by atoms with van der Waals surface area (Å²) in [6.45, 7) is 3.20. The minimum atomic E-state index is 0.223. The van der Waals surface area contributed by atoms with Crippen LogP contribution in [0, 0.1) is 6.92 Å². The van der Waals surface area contributed by atoms with E-state index in [0.717, 1.165) is 38.0 Å². The van der Waals surface area contributed by atoms with Crippen molar-refractivity contribution in [1.29, 1.82) is 0 Å². The molecule has 1 aliphatic rings. The van der Waals surface area contributed by atoms with Gasteiger partial charge in [0.1, 0.15) is 0 Å². The van der Waals surface area contributed by atoms with Gasteiger partial charge in [-0.05, 0) is 38.2 Å².